The second-order valence-corrected chi connectivity index (χ2v) is 6.27. The lowest BCUT2D eigenvalue weighted by molar-refractivity contribution is -0.0131. The summed E-state index contributed by atoms with van der Waals surface area (Å²) in [4.78, 5) is 22.4. The van der Waals surface area contributed by atoms with E-state index in [9.17, 15) is 10.1 Å². The standard InChI is InChI=1S/C15H21N5O2/c1-14(2,3)22-13(21)20-9-8-17-10-15(20,5-6-16)12-4-7-18-11-19-12/h4,7,11,17H,5,8-10H2,1-3H3. The molecule has 2 rings (SSSR count). The number of ether oxygens (including phenoxy) is 1. The number of aromatic nitrogens is 2. The SMILES string of the molecule is CC(C)(C)OC(=O)N1CCNCC1(CC#N)c1ccncn1. The van der Waals surface area contributed by atoms with E-state index in [-0.39, 0.29) is 6.42 Å². The lowest BCUT2D eigenvalue weighted by Gasteiger charge is -2.45. The Balaban J connectivity index is 2.40. The van der Waals surface area contributed by atoms with E-state index in [4.69, 9.17) is 4.74 Å². The van der Waals surface area contributed by atoms with Crippen molar-refractivity contribution >= 4 is 6.09 Å². The van der Waals surface area contributed by atoms with Gasteiger partial charge in [-0.3, -0.25) is 4.90 Å². The van der Waals surface area contributed by atoms with Gasteiger partial charge >= 0.3 is 6.09 Å². The number of carbonyl (C=O) groups excluding carboxylic acids is 1. The molecule has 22 heavy (non-hydrogen) atoms. The maximum absolute atomic E-state index is 12.6. The number of amides is 1. The number of nitrogens with one attached hydrogen (secondary N) is 1. The first kappa shape index (κ1) is 16.2. The molecule has 0 radical (unpaired) electrons. The van der Waals surface area contributed by atoms with Crippen molar-refractivity contribution in [2.24, 2.45) is 0 Å². The lowest BCUT2D eigenvalue weighted by atomic mass is 9.87. The molecule has 2 heterocycles. The summed E-state index contributed by atoms with van der Waals surface area (Å²) in [5.74, 6) is 0. The van der Waals surface area contributed by atoms with Crippen molar-refractivity contribution in [2.45, 2.75) is 38.3 Å². The van der Waals surface area contributed by atoms with Gasteiger partial charge in [-0.2, -0.15) is 5.26 Å². The van der Waals surface area contributed by atoms with E-state index in [1.807, 2.05) is 20.8 Å². The molecule has 7 nitrogen and oxygen atoms in total. The molecule has 1 saturated heterocycles. The minimum Gasteiger partial charge on any atom is -0.444 e. The van der Waals surface area contributed by atoms with Crippen molar-refractivity contribution in [3.63, 3.8) is 0 Å². The van der Waals surface area contributed by atoms with E-state index in [1.165, 1.54) is 6.33 Å². The van der Waals surface area contributed by atoms with Gasteiger partial charge in [0.15, 0.2) is 0 Å². The summed E-state index contributed by atoms with van der Waals surface area (Å²) in [5.41, 5.74) is -0.785. The van der Waals surface area contributed by atoms with Crippen molar-refractivity contribution in [2.75, 3.05) is 19.6 Å². The zero-order valence-electron chi connectivity index (χ0n) is 13.2. The third kappa shape index (κ3) is 3.34. The fourth-order valence-corrected chi connectivity index (χ4v) is 2.55. The summed E-state index contributed by atoms with van der Waals surface area (Å²) in [6.45, 7) is 7.03. The second-order valence-electron chi connectivity index (χ2n) is 6.27. The molecule has 7 heteroatoms. The van der Waals surface area contributed by atoms with E-state index in [2.05, 4.69) is 21.4 Å². The van der Waals surface area contributed by atoms with Crippen molar-refractivity contribution in [3.8, 4) is 6.07 Å². The minimum atomic E-state index is -0.835. The highest BCUT2D eigenvalue weighted by Gasteiger charge is 2.45. The van der Waals surface area contributed by atoms with Crippen LogP contribution in [0, 0.1) is 11.3 Å². The topological polar surface area (TPSA) is 91.1 Å². The van der Waals surface area contributed by atoms with Crippen LogP contribution in [0.5, 0.6) is 0 Å². The Bertz CT molecular complexity index is 564. The number of nitrogens with zero attached hydrogens (tertiary/aromatic N) is 4. The van der Waals surface area contributed by atoms with Gasteiger partial charge in [-0.25, -0.2) is 14.8 Å². The average Bonchev–Trinajstić information content (AvgIpc) is 2.47. The van der Waals surface area contributed by atoms with Crippen molar-refractivity contribution < 1.29 is 9.53 Å². The molecule has 1 fully saturated rings. The van der Waals surface area contributed by atoms with E-state index in [0.717, 1.165) is 0 Å². The fraction of sp³-hybridized carbons (Fsp3) is 0.600. The van der Waals surface area contributed by atoms with Gasteiger partial charge in [-0.15, -0.1) is 0 Å². The molecule has 0 spiro atoms. The van der Waals surface area contributed by atoms with E-state index < -0.39 is 17.2 Å². The van der Waals surface area contributed by atoms with Crippen LogP contribution in [0.1, 0.15) is 32.9 Å². The van der Waals surface area contributed by atoms with Crippen LogP contribution in [0.3, 0.4) is 0 Å². The molecular weight excluding hydrogens is 282 g/mol. The predicted octanol–water partition coefficient (Wildman–Crippen LogP) is 1.43. The highest BCUT2D eigenvalue weighted by molar-refractivity contribution is 5.70. The molecule has 1 aliphatic heterocycles. The molecule has 0 bridgehead atoms. The highest BCUT2D eigenvalue weighted by Crippen LogP contribution is 2.33. The first-order chi connectivity index (χ1) is 10.4. The van der Waals surface area contributed by atoms with Crippen LogP contribution < -0.4 is 5.32 Å². The lowest BCUT2D eigenvalue weighted by Crippen LogP contribution is -2.61. The van der Waals surface area contributed by atoms with E-state index in [0.29, 0.717) is 25.3 Å². The fourth-order valence-electron chi connectivity index (χ4n) is 2.55. The number of nitriles is 1. The second kappa shape index (κ2) is 6.28. The van der Waals surface area contributed by atoms with Crippen LogP contribution in [0.25, 0.3) is 0 Å². The molecule has 118 valence electrons. The van der Waals surface area contributed by atoms with Crippen LogP contribution in [0.4, 0.5) is 4.79 Å². The Morgan fingerprint density at radius 1 is 1.59 bits per heavy atom. The predicted molar refractivity (Wildman–Crippen MR) is 79.7 cm³/mol. The van der Waals surface area contributed by atoms with Gasteiger partial charge in [0, 0.05) is 25.8 Å². The largest absolute Gasteiger partial charge is 0.444 e. The number of hydrogen-bond acceptors (Lipinski definition) is 6. The van der Waals surface area contributed by atoms with Gasteiger partial charge in [-0.05, 0) is 26.8 Å². The number of rotatable bonds is 2. The molecule has 1 aliphatic rings. The maximum Gasteiger partial charge on any atom is 0.411 e. The normalized spacial score (nSPS) is 22.0. The average molecular weight is 303 g/mol. The Labute approximate surface area is 130 Å². The Morgan fingerprint density at radius 3 is 2.95 bits per heavy atom. The van der Waals surface area contributed by atoms with Gasteiger partial charge in [0.25, 0.3) is 0 Å². The van der Waals surface area contributed by atoms with Crippen molar-refractivity contribution in [1.29, 1.82) is 5.26 Å². The summed E-state index contributed by atoms with van der Waals surface area (Å²) >= 11 is 0. The van der Waals surface area contributed by atoms with Crippen LogP contribution in [-0.2, 0) is 10.3 Å². The summed E-state index contributed by atoms with van der Waals surface area (Å²) in [6, 6.07) is 3.91. The third-order valence-corrected chi connectivity index (χ3v) is 3.49. The van der Waals surface area contributed by atoms with Crippen LogP contribution in [-0.4, -0.2) is 46.2 Å². The van der Waals surface area contributed by atoms with Crippen LogP contribution in [0.2, 0.25) is 0 Å². The molecular formula is C15H21N5O2. The van der Waals surface area contributed by atoms with Crippen LogP contribution in [0.15, 0.2) is 18.6 Å². The van der Waals surface area contributed by atoms with Crippen molar-refractivity contribution in [3.05, 3.63) is 24.3 Å². The van der Waals surface area contributed by atoms with Gasteiger partial charge in [0.05, 0.1) is 18.2 Å². The van der Waals surface area contributed by atoms with Gasteiger partial charge < -0.3 is 10.1 Å². The summed E-state index contributed by atoms with van der Waals surface area (Å²) in [6.07, 6.45) is 2.75. The van der Waals surface area contributed by atoms with E-state index >= 15 is 0 Å². The van der Waals surface area contributed by atoms with Gasteiger partial charge in [0.1, 0.15) is 17.5 Å². The highest BCUT2D eigenvalue weighted by atomic mass is 16.6. The number of hydrogen-bond donors (Lipinski definition) is 1. The maximum atomic E-state index is 12.6. The Morgan fingerprint density at radius 2 is 2.36 bits per heavy atom. The Hall–Kier alpha value is -2.20. The molecule has 1 unspecified atom stereocenters. The summed E-state index contributed by atoms with van der Waals surface area (Å²) in [7, 11) is 0. The molecule has 0 saturated carbocycles. The summed E-state index contributed by atoms with van der Waals surface area (Å²) in [5, 5.41) is 12.5. The molecule has 0 aromatic carbocycles. The molecule has 1 atom stereocenters. The smallest absolute Gasteiger partial charge is 0.411 e. The number of piperazine rings is 1. The quantitative estimate of drug-likeness (QED) is 0.888. The Kier molecular flexibility index (Phi) is 4.62. The van der Waals surface area contributed by atoms with E-state index in [1.54, 1.807) is 17.2 Å². The van der Waals surface area contributed by atoms with Gasteiger partial charge in [0.2, 0.25) is 0 Å². The first-order valence-corrected chi connectivity index (χ1v) is 7.24. The van der Waals surface area contributed by atoms with Crippen molar-refractivity contribution in [1.82, 2.24) is 20.2 Å². The molecule has 1 aromatic rings. The minimum absolute atomic E-state index is 0.135. The molecule has 0 aliphatic carbocycles. The number of carbonyl (C=O) groups is 1. The monoisotopic (exact) mass is 303 g/mol. The van der Waals surface area contributed by atoms with Gasteiger partial charge in [-0.1, -0.05) is 0 Å². The molecule has 1 aromatic heterocycles. The summed E-state index contributed by atoms with van der Waals surface area (Å²) < 4.78 is 5.51. The third-order valence-electron chi connectivity index (χ3n) is 3.49. The zero-order valence-corrected chi connectivity index (χ0v) is 13.2. The molecule has 1 amide bonds. The zero-order chi connectivity index (χ0) is 16.2. The molecule has 1 N–H and O–H groups in total. The first-order valence-electron chi connectivity index (χ1n) is 7.24. The van der Waals surface area contributed by atoms with Crippen LogP contribution >= 0.6 is 0 Å².